The highest BCUT2D eigenvalue weighted by molar-refractivity contribution is 5.79. The first-order chi connectivity index (χ1) is 10.6. The van der Waals surface area contributed by atoms with Gasteiger partial charge in [0.25, 0.3) is 0 Å². The van der Waals surface area contributed by atoms with Crippen molar-refractivity contribution in [2.75, 3.05) is 39.4 Å². The van der Waals surface area contributed by atoms with Gasteiger partial charge in [-0.2, -0.15) is 0 Å². The van der Waals surface area contributed by atoms with Crippen molar-refractivity contribution in [3.63, 3.8) is 0 Å². The average Bonchev–Trinajstić information content (AvgIpc) is 2.45. The molecule has 0 N–H and O–H groups in total. The van der Waals surface area contributed by atoms with Crippen molar-refractivity contribution in [1.29, 1.82) is 0 Å². The number of carbonyl (C=O) groups is 1. The normalized spacial score (nSPS) is 34.6. The van der Waals surface area contributed by atoms with Gasteiger partial charge < -0.3 is 9.64 Å². The topological polar surface area (TPSA) is 36.0 Å². The maximum absolute atomic E-state index is 12.8. The molecule has 5 saturated heterocycles. The Bertz CT molecular complexity index is 418. The molecule has 0 saturated carbocycles. The second-order valence-electron chi connectivity index (χ2n) is 7.83. The maximum Gasteiger partial charge on any atom is 0.225 e. The van der Waals surface area contributed by atoms with E-state index in [1.54, 1.807) is 0 Å². The molecule has 0 aromatic heterocycles. The summed E-state index contributed by atoms with van der Waals surface area (Å²) in [6, 6.07) is 2.48. The van der Waals surface area contributed by atoms with E-state index in [2.05, 4.69) is 28.5 Å². The number of hydrogen-bond acceptors (Lipinski definition) is 4. The minimum absolute atomic E-state index is 0.266. The summed E-state index contributed by atoms with van der Waals surface area (Å²) < 4.78 is 5.28. The first-order valence-corrected chi connectivity index (χ1v) is 9.01. The lowest BCUT2D eigenvalue weighted by Gasteiger charge is -2.58. The highest BCUT2D eigenvalue weighted by Gasteiger charge is 2.47. The molecule has 2 atom stereocenters. The van der Waals surface area contributed by atoms with E-state index in [4.69, 9.17) is 4.74 Å². The molecule has 124 valence electrons. The van der Waals surface area contributed by atoms with Crippen LogP contribution in [0.1, 0.15) is 33.1 Å². The summed E-state index contributed by atoms with van der Waals surface area (Å²) in [5.74, 6) is 0.699. The fraction of sp³-hybridized carbons (Fsp3) is 0.941. The molecule has 5 aliphatic heterocycles. The Hall–Kier alpha value is -0.650. The second-order valence-corrected chi connectivity index (χ2v) is 7.83. The molecule has 5 nitrogen and oxygen atoms in total. The summed E-state index contributed by atoms with van der Waals surface area (Å²) in [4.78, 5) is 20.1. The van der Waals surface area contributed by atoms with E-state index < -0.39 is 0 Å². The Balaban J connectivity index is 1.28. The van der Waals surface area contributed by atoms with E-state index >= 15 is 0 Å². The molecule has 0 aromatic carbocycles. The Morgan fingerprint density at radius 3 is 2.18 bits per heavy atom. The molecule has 22 heavy (non-hydrogen) atoms. The quantitative estimate of drug-likeness (QED) is 0.772. The molecule has 2 bridgehead atoms. The van der Waals surface area contributed by atoms with Gasteiger partial charge in [-0.25, -0.2) is 0 Å². The van der Waals surface area contributed by atoms with Crippen molar-refractivity contribution in [1.82, 2.24) is 14.7 Å². The predicted molar refractivity (Wildman–Crippen MR) is 84.7 cm³/mol. The van der Waals surface area contributed by atoms with Crippen molar-refractivity contribution < 1.29 is 9.53 Å². The van der Waals surface area contributed by atoms with Gasteiger partial charge in [-0.3, -0.25) is 14.6 Å². The summed E-state index contributed by atoms with van der Waals surface area (Å²) in [7, 11) is 0. The van der Waals surface area contributed by atoms with E-state index in [-0.39, 0.29) is 5.92 Å². The van der Waals surface area contributed by atoms with Crippen LogP contribution in [0.4, 0.5) is 0 Å². The van der Waals surface area contributed by atoms with Gasteiger partial charge in [-0.05, 0) is 46.2 Å². The van der Waals surface area contributed by atoms with Gasteiger partial charge in [0.2, 0.25) is 5.91 Å². The third kappa shape index (κ3) is 2.47. The molecular formula is C17H29N3O2. The molecule has 0 radical (unpaired) electrons. The van der Waals surface area contributed by atoms with Crippen LogP contribution in [0.25, 0.3) is 0 Å². The lowest BCUT2D eigenvalue weighted by atomic mass is 9.84. The lowest BCUT2D eigenvalue weighted by Crippen LogP contribution is -2.71. The van der Waals surface area contributed by atoms with Gasteiger partial charge in [0.1, 0.15) is 0 Å². The van der Waals surface area contributed by atoms with Gasteiger partial charge >= 0.3 is 0 Å². The lowest BCUT2D eigenvalue weighted by molar-refractivity contribution is -0.153. The number of nitrogens with zero attached hydrogens (tertiary/aromatic N) is 3. The van der Waals surface area contributed by atoms with E-state index in [9.17, 15) is 4.79 Å². The molecular weight excluding hydrogens is 278 g/mol. The number of amides is 1. The molecule has 5 heterocycles. The van der Waals surface area contributed by atoms with Crippen LogP contribution in [0, 0.1) is 5.92 Å². The number of likely N-dealkylation sites (tertiary alicyclic amines) is 1. The molecule has 0 spiro atoms. The van der Waals surface area contributed by atoms with E-state index in [0.29, 0.717) is 30.1 Å². The highest BCUT2D eigenvalue weighted by Crippen LogP contribution is 2.35. The number of carbonyl (C=O) groups excluding carboxylic acids is 1. The summed E-state index contributed by atoms with van der Waals surface area (Å²) in [6.07, 6.45) is 3.37. The zero-order valence-corrected chi connectivity index (χ0v) is 13.9. The van der Waals surface area contributed by atoms with E-state index in [0.717, 1.165) is 52.2 Å². The molecule has 5 fully saturated rings. The first-order valence-electron chi connectivity index (χ1n) is 9.01. The Kier molecular flexibility index (Phi) is 3.91. The number of rotatable bonds is 3. The molecule has 5 heteroatoms. The number of piperazine rings is 1. The fourth-order valence-corrected chi connectivity index (χ4v) is 4.87. The van der Waals surface area contributed by atoms with Crippen LogP contribution < -0.4 is 0 Å². The summed E-state index contributed by atoms with van der Waals surface area (Å²) in [5, 5.41) is 0. The van der Waals surface area contributed by atoms with Gasteiger partial charge in [-0.1, -0.05) is 0 Å². The third-order valence-electron chi connectivity index (χ3n) is 6.17. The molecule has 0 aromatic rings. The Labute approximate surface area is 133 Å². The highest BCUT2D eigenvalue weighted by atomic mass is 16.5. The number of ether oxygens (including phenoxy) is 1. The van der Waals surface area contributed by atoms with E-state index in [1.165, 1.54) is 6.42 Å². The maximum atomic E-state index is 12.8. The summed E-state index contributed by atoms with van der Waals surface area (Å²) in [5.41, 5.74) is 0. The Morgan fingerprint density at radius 2 is 1.68 bits per heavy atom. The standard InChI is InChI=1S/C17H29N3O2/c1-12(2)20-14-7-15(20)9-19(8-14)17(21)13-3-5-18(6-4-13)16-10-22-11-16/h12-16H,3-11H2,1-2H3. The Morgan fingerprint density at radius 1 is 1.05 bits per heavy atom. The van der Waals surface area contributed by atoms with Crippen LogP contribution in [-0.4, -0.2) is 84.2 Å². The zero-order chi connectivity index (χ0) is 15.3. The molecule has 2 unspecified atom stereocenters. The van der Waals surface area contributed by atoms with Crippen LogP contribution >= 0.6 is 0 Å². The molecule has 0 aliphatic carbocycles. The monoisotopic (exact) mass is 307 g/mol. The zero-order valence-electron chi connectivity index (χ0n) is 13.9. The minimum Gasteiger partial charge on any atom is -0.378 e. The third-order valence-corrected chi connectivity index (χ3v) is 6.17. The summed E-state index contributed by atoms with van der Waals surface area (Å²) in [6.45, 7) is 10.4. The predicted octanol–water partition coefficient (Wildman–Crippen LogP) is 0.791. The number of piperidine rings is 2. The first kappa shape index (κ1) is 14.9. The second kappa shape index (κ2) is 5.77. The van der Waals surface area contributed by atoms with Crippen molar-refractivity contribution in [2.45, 2.75) is 57.3 Å². The molecule has 1 amide bonds. The van der Waals surface area contributed by atoms with Crippen molar-refractivity contribution in [3.8, 4) is 0 Å². The van der Waals surface area contributed by atoms with Gasteiger partial charge in [-0.15, -0.1) is 0 Å². The SMILES string of the molecule is CC(C)N1C2CC1CN(C(=O)C1CCN(C3COC3)CC1)C2. The number of hydrogen-bond donors (Lipinski definition) is 0. The largest absolute Gasteiger partial charge is 0.378 e. The van der Waals surface area contributed by atoms with Crippen LogP contribution in [0.3, 0.4) is 0 Å². The molecule has 5 aliphatic rings. The van der Waals surface area contributed by atoms with Gasteiger partial charge in [0, 0.05) is 37.1 Å². The van der Waals surface area contributed by atoms with E-state index in [1.807, 2.05) is 0 Å². The van der Waals surface area contributed by atoms with Crippen molar-refractivity contribution >= 4 is 5.91 Å². The van der Waals surface area contributed by atoms with Crippen LogP contribution in [-0.2, 0) is 9.53 Å². The van der Waals surface area contributed by atoms with Crippen LogP contribution in [0.5, 0.6) is 0 Å². The summed E-state index contributed by atoms with van der Waals surface area (Å²) >= 11 is 0. The molecule has 5 rings (SSSR count). The van der Waals surface area contributed by atoms with Crippen LogP contribution in [0.15, 0.2) is 0 Å². The van der Waals surface area contributed by atoms with Gasteiger partial charge in [0.15, 0.2) is 0 Å². The van der Waals surface area contributed by atoms with Crippen molar-refractivity contribution in [2.24, 2.45) is 5.92 Å². The van der Waals surface area contributed by atoms with Crippen molar-refractivity contribution in [3.05, 3.63) is 0 Å². The fourth-order valence-electron chi connectivity index (χ4n) is 4.87. The minimum atomic E-state index is 0.266. The average molecular weight is 307 g/mol. The van der Waals surface area contributed by atoms with Crippen LogP contribution in [0.2, 0.25) is 0 Å². The number of fused-ring (bicyclic) bond motifs is 2. The smallest absolute Gasteiger partial charge is 0.225 e. The van der Waals surface area contributed by atoms with Gasteiger partial charge in [0.05, 0.1) is 19.3 Å².